The normalized spacial score (nSPS) is 15.5. The Bertz CT molecular complexity index is 825. The molecule has 1 amide bonds. The smallest absolute Gasteiger partial charge is 0.412 e. The van der Waals surface area contributed by atoms with Crippen molar-refractivity contribution in [3.63, 3.8) is 0 Å². The van der Waals surface area contributed by atoms with Crippen LogP contribution in [0.15, 0.2) is 24.3 Å². The predicted molar refractivity (Wildman–Crippen MR) is 92.1 cm³/mol. The van der Waals surface area contributed by atoms with Crippen molar-refractivity contribution < 1.29 is 34.0 Å². The van der Waals surface area contributed by atoms with Gasteiger partial charge in [0.2, 0.25) is 5.75 Å². The van der Waals surface area contributed by atoms with Crippen LogP contribution in [0.3, 0.4) is 0 Å². The van der Waals surface area contributed by atoms with Crippen molar-refractivity contribution >= 4 is 11.8 Å². The molecule has 1 unspecified atom stereocenters. The predicted octanol–water partition coefficient (Wildman–Crippen LogP) is 2.56. The Labute approximate surface area is 149 Å². The standard InChI is InChI=1S/C18H19NO7/c1-23-14-5-9(6-15(24-2)17(14)25-3)16-11-7-13(21)10(8-20)4-12(11)19-18(22)26-16/h4-7,16,20-21H,8H2,1-3H3,(H,19,22). The highest BCUT2D eigenvalue weighted by Crippen LogP contribution is 2.44. The number of benzene rings is 2. The highest BCUT2D eigenvalue weighted by Gasteiger charge is 2.31. The number of hydrogen-bond donors (Lipinski definition) is 3. The number of aliphatic hydroxyl groups excluding tert-OH is 1. The van der Waals surface area contributed by atoms with Gasteiger partial charge >= 0.3 is 6.09 Å². The van der Waals surface area contributed by atoms with Crippen LogP contribution in [0.2, 0.25) is 0 Å². The number of fused-ring (bicyclic) bond motifs is 1. The summed E-state index contributed by atoms with van der Waals surface area (Å²) in [4.78, 5) is 12.0. The van der Waals surface area contributed by atoms with Crippen LogP contribution in [0.5, 0.6) is 23.0 Å². The molecule has 1 aliphatic heterocycles. The average molecular weight is 361 g/mol. The van der Waals surface area contributed by atoms with Gasteiger partial charge in [-0.15, -0.1) is 0 Å². The fraction of sp³-hybridized carbons (Fsp3) is 0.278. The largest absolute Gasteiger partial charge is 0.508 e. The summed E-state index contributed by atoms with van der Waals surface area (Å²) in [5.74, 6) is 1.14. The third kappa shape index (κ3) is 2.95. The van der Waals surface area contributed by atoms with Crippen LogP contribution < -0.4 is 19.5 Å². The number of aliphatic hydroxyl groups is 1. The Morgan fingerprint density at radius 3 is 2.27 bits per heavy atom. The van der Waals surface area contributed by atoms with E-state index < -0.39 is 12.2 Å². The quantitative estimate of drug-likeness (QED) is 0.703. The van der Waals surface area contributed by atoms with Gasteiger partial charge in [0.15, 0.2) is 17.6 Å². The van der Waals surface area contributed by atoms with Crippen molar-refractivity contribution in [1.82, 2.24) is 0 Å². The summed E-state index contributed by atoms with van der Waals surface area (Å²) in [6.07, 6.45) is -1.45. The number of methoxy groups -OCH3 is 3. The van der Waals surface area contributed by atoms with Crippen molar-refractivity contribution in [2.45, 2.75) is 12.7 Å². The zero-order chi connectivity index (χ0) is 18.8. The third-order valence-electron chi connectivity index (χ3n) is 4.16. The van der Waals surface area contributed by atoms with E-state index in [-0.39, 0.29) is 12.4 Å². The Balaban J connectivity index is 2.16. The number of hydrogen-bond acceptors (Lipinski definition) is 7. The number of ether oxygens (including phenoxy) is 4. The summed E-state index contributed by atoms with van der Waals surface area (Å²) in [6.45, 7) is -0.356. The van der Waals surface area contributed by atoms with E-state index in [0.717, 1.165) is 0 Å². The number of phenols is 1. The molecule has 26 heavy (non-hydrogen) atoms. The molecule has 2 aromatic rings. The number of carbonyl (C=O) groups excluding carboxylic acids is 1. The number of carbonyl (C=O) groups is 1. The minimum absolute atomic E-state index is 0.0940. The first-order chi connectivity index (χ1) is 12.5. The molecule has 2 aromatic carbocycles. The lowest BCUT2D eigenvalue weighted by Crippen LogP contribution is -2.25. The van der Waals surface area contributed by atoms with E-state index in [2.05, 4.69) is 5.32 Å². The maximum Gasteiger partial charge on any atom is 0.412 e. The Hall–Kier alpha value is -3.13. The number of rotatable bonds is 5. The second-order valence-corrected chi connectivity index (χ2v) is 5.60. The van der Waals surface area contributed by atoms with Crippen molar-refractivity contribution in [3.05, 3.63) is 41.0 Å². The van der Waals surface area contributed by atoms with Crippen LogP contribution in [0.1, 0.15) is 22.8 Å². The van der Waals surface area contributed by atoms with Gasteiger partial charge in [-0.05, 0) is 24.3 Å². The zero-order valence-electron chi connectivity index (χ0n) is 14.5. The van der Waals surface area contributed by atoms with Crippen LogP contribution in [-0.2, 0) is 11.3 Å². The number of amides is 1. The molecule has 0 bridgehead atoms. The Morgan fingerprint density at radius 1 is 1.08 bits per heavy atom. The number of nitrogens with one attached hydrogen (secondary N) is 1. The molecular weight excluding hydrogens is 342 g/mol. The van der Waals surface area contributed by atoms with Crippen LogP contribution in [0.4, 0.5) is 10.5 Å². The molecule has 1 aliphatic rings. The minimum atomic E-state index is -0.800. The molecule has 0 saturated carbocycles. The molecule has 1 heterocycles. The first-order valence-electron chi connectivity index (χ1n) is 7.76. The third-order valence-corrected chi connectivity index (χ3v) is 4.16. The Morgan fingerprint density at radius 2 is 1.73 bits per heavy atom. The van der Waals surface area contributed by atoms with Crippen LogP contribution in [0.25, 0.3) is 0 Å². The summed E-state index contributed by atoms with van der Waals surface area (Å²) in [5.41, 5.74) is 1.86. The van der Waals surface area contributed by atoms with Crippen LogP contribution in [-0.4, -0.2) is 37.6 Å². The highest BCUT2D eigenvalue weighted by molar-refractivity contribution is 5.89. The van der Waals surface area contributed by atoms with Gasteiger partial charge in [0.05, 0.1) is 33.6 Å². The molecule has 0 fully saturated rings. The van der Waals surface area contributed by atoms with E-state index in [0.29, 0.717) is 39.6 Å². The lowest BCUT2D eigenvalue weighted by molar-refractivity contribution is 0.126. The van der Waals surface area contributed by atoms with Crippen LogP contribution in [0, 0.1) is 0 Å². The second-order valence-electron chi connectivity index (χ2n) is 5.60. The lowest BCUT2D eigenvalue weighted by atomic mass is 9.96. The van der Waals surface area contributed by atoms with E-state index in [4.69, 9.17) is 18.9 Å². The molecular formula is C18H19NO7. The molecule has 0 saturated heterocycles. The van der Waals surface area contributed by atoms with Crippen molar-refractivity contribution in [2.75, 3.05) is 26.6 Å². The second kappa shape index (κ2) is 7.01. The minimum Gasteiger partial charge on any atom is -0.508 e. The SMILES string of the molecule is COc1cc(C2OC(=O)Nc3cc(CO)c(O)cc32)cc(OC)c1OC. The molecule has 8 heteroatoms. The zero-order valence-corrected chi connectivity index (χ0v) is 14.5. The van der Waals surface area contributed by atoms with Gasteiger partial charge in [0, 0.05) is 16.7 Å². The lowest BCUT2D eigenvalue weighted by Gasteiger charge is -2.28. The fourth-order valence-electron chi connectivity index (χ4n) is 2.91. The van der Waals surface area contributed by atoms with Crippen LogP contribution >= 0.6 is 0 Å². The van der Waals surface area contributed by atoms with Crippen molar-refractivity contribution in [1.29, 1.82) is 0 Å². The summed E-state index contributed by atoms with van der Waals surface area (Å²) >= 11 is 0. The van der Waals surface area contributed by atoms with E-state index in [1.54, 1.807) is 12.1 Å². The average Bonchev–Trinajstić information content (AvgIpc) is 2.65. The van der Waals surface area contributed by atoms with E-state index >= 15 is 0 Å². The molecule has 8 nitrogen and oxygen atoms in total. The molecule has 3 N–H and O–H groups in total. The fourth-order valence-corrected chi connectivity index (χ4v) is 2.91. The van der Waals surface area contributed by atoms with E-state index in [1.807, 2.05) is 0 Å². The van der Waals surface area contributed by atoms with E-state index in [9.17, 15) is 15.0 Å². The summed E-state index contributed by atoms with van der Waals surface area (Å²) < 4.78 is 21.4. The molecule has 0 spiro atoms. The molecule has 0 radical (unpaired) electrons. The topological polar surface area (TPSA) is 106 Å². The van der Waals surface area contributed by atoms with Crippen molar-refractivity contribution in [3.8, 4) is 23.0 Å². The first kappa shape index (κ1) is 17.7. The van der Waals surface area contributed by atoms with Gasteiger partial charge in [-0.25, -0.2) is 4.79 Å². The maximum atomic E-state index is 12.0. The molecule has 0 aliphatic carbocycles. The number of anilines is 1. The van der Waals surface area contributed by atoms with Crippen molar-refractivity contribution in [2.24, 2.45) is 0 Å². The number of aromatic hydroxyl groups is 1. The van der Waals surface area contributed by atoms with E-state index in [1.165, 1.54) is 33.5 Å². The maximum absolute atomic E-state index is 12.0. The number of cyclic esters (lactones) is 1. The molecule has 138 valence electrons. The summed E-state index contributed by atoms with van der Waals surface area (Å²) in [5, 5.41) is 22.0. The van der Waals surface area contributed by atoms with Gasteiger partial charge in [-0.2, -0.15) is 0 Å². The summed E-state index contributed by atoms with van der Waals surface area (Å²) in [7, 11) is 4.47. The van der Waals surface area contributed by atoms with Gasteiger partial charge in [-0.3, -0.25) is 5.32 Å². The monoisotopic (exact) mass is 361 g/mol. The van der Waals surface area contributed by atoms with Gasteiger partial charge in [-0.1, -0.05) is 0 Å². The Kier molecular flexibility index (Phi) is 4.77. The first-order valence-corrected chi connectivity index (χ1v) is 7.76. The van der Waals surface area contributed by atoms with Gasteiger partial charge in [0.25, 0.3) is 0 Å². The van der Waals surface area contributed by atoms with Gasteiger partial charge in [0.1, 0.15) is 5.75 Å². The summed E-state index contributed by atoms with van der Waals surface area (Å²) in [6, 6.07) is 6.31. The highest BCUT2D eigenvalue weighted by atomic mass is 16.6. The molecule has 3 rings (SSSR count). The molecule has 0 aromatic heterocycles. The van der Waals surface area contributed by atoms with Gasteiger partial charge < -0.3 is 29.2 Å². The molecule has 1 atom stereocenters.